The quantitative estimate of drug-likeness (QED) is 0.529. The number of thiazole rings is 1. The standard InChI is InChI=1S/C18H16FN3O3S5/c19-12-3-5-14(6-4-12)30(24,25)22-11-26-10-16(22)29-18(23)20-8-13-9-28-17(21-13)15-2-1-7-27-15/h1-7,9,16H,8,10-11H2,(H,20,23). The number of hydrogen-bond acceptors (Lipinski definition) is 8. The van der Waals surface area contributed by atoms with Crippen LogP contribution in [0.5, 0.6) is 0 Å². The van der Waals surface area contributed by atoms with Gasteiger partial charge in [0, 0.05) is 11.1 Å². The Morgan fingerprint density at radius 3 is 2.80 bits per heavy atom. The maximum absolute atomic E-state index is 13.1. The molecule has 1 atom stereocenters. The highest BCUT2D eigenvalue weighted by molar-refractivity contribution is 8.15. The van der Waals surface area contributed by atoms with Crippen molar-refractivity contribution in [2.45, 2.75) is 16.8 Å². The van der Waals surface area contributed by atoms with Crippen LogP contribution in [-0.4, -0.2) is 39.9 Å². The van der Waals surface area contributed by atoms with Crippen LogP contribution in [0.25, 0.3) is 9.88 Å². The van der Waals surface area contributed by atoms with Gasteiger partial charge in [0.2, 0.25) is 10.0 Å². The van der Waals surface area contributed by atoms with E-state index in [1.165, 1.54) is 39.5 Å². The van der Waals surface area contributed by atoms with Crippen molar-refractivity contribution in [2.75, 3.05) is 11.6 Å². The molecule has 1 fully saturated rings. The zero-order valence-corrected chi connectivity index (χ0v) is 19.4. The van der Waals surface area contributed by atoms with Crippen LogP contribution in [0.1, 0.15) is 5.69 Å². The summed E-state index contributed by atoms with van der Waals surface area (Å²) in [5, 5.41) is 6.75. The number of thioether (sulfide) groups is 2. The van der Waals surface area contributed by atoms with Gasteiger partial charge < -0.3 is 5.32 Å². The molecule has 0 aliphatic carbocycles. The molecule has 1 aromatic carbocycles. The first-order valence-corrected chi connectivity index (χ1v) is 13.9. The number of carbonyl (C=O) groups excluding carboxylic acids is 1. The van der Waals surface area contributed by atoms with E-state index in [1.807, 2.05) is 22.9 Å². The van der Waals surface area contributed by atoms with Crippen LogP contribution in [0.4, 0.5) is 9.18 Å². The number of sulfonamides is 1. The zero-order valence-electron chi connectivity index (χ0n) is 15.4. The van der Waals surface area contributed by atoms with Gasteiger partial charge in [-0.1, -0.05) is 6.07 Å². The van der Waals surface area contributed by atoms with Crippen molar-refractivity contribution in [2.24, 2.45) is 0 Å². The molecular weight excluding hydrogens is 486 g/mol. The van der Waals surface area contributed by atoms with Gasteiger partial charge in [-0.3, -0.25) is 4.79 Å². The third-order valence-corrected chi connectivity index (χ3v) is 10.5. The highest BCUT2D eigenvalue weighted by atomic mass is 32.2. The number of hydrogen-bond donors (Lipinski definition) is 1. The minimum atomic E-state index is -3.80. The van der Waals surface area contributed by atoms with Crippen molar-refractivity contribution in [1.29, 1.82) is 0 Å². The lowest BCUT2D eigenvalue weighted by Crippen LogP contribution is -2.36. The van der Waals surface area contributed by atoms with Crippen molar-refractivity contribution in [3.05, 3.63) is 58.7 Å². The van der Waals surface area contributed by atoms with Gasteiger partial charge in [-0.05, 0) is 47.5 Å². The summed E-state index contributed by atoms with van der Waals surface area (Å²) in [5.41, 5.74) is 0.758. The van der Waals surface area contributed by atoms with Gasteiger partial charge in [-0.2, -0.15) is 4.31 Å². The molecule has 0 radical (unpaired) electrons. The maximum atomic E-state index is 13.1. The van der Waals surface area contributed by atoms with Crippen LogP contribution >= 0.6 is 46.2 Å². The summed E-state index contributed by atoms with van der Waals surface area (Å²) < 4.78 is 40.2. The normalized spacial score (nSPS) is 17.3. The number of rotatable bonds is 6. The van der Waals surface area contributed by atoms with Crippen LogP contribution in [0.3, 0.4) is 0 Å². The molecular formula is C18H16FN3O3S5. The Morgan fingerprint density at radius 1 is 1.27 bits per heavy atom. The lowest BCUT2D eigenvalue weighted by molar-refractivity contribution is 0.260. The fourth-order valence-electron chi connectivity index (χ4n) is 2.70. The third kappa shape index (κ3) is 4.89. The SMILES string of the molecule is O=C(NCc1csc(-c2cccs2)n1)SC1CSCN1S(=O)(=O)c1ccc(F)cc1. The molecule has 2 aromatic heterocycles. The van der Waals surface area contributed by atoms with E-state index in [0.29, 0.717) is 5.75 Å². The van der Waals surface area contributed by atoms with Gasteiger partial charge in [0.05, 0.1) is 33.3 Å². The Bertz CT molecular complexity index is 1120. The van der Waals surface area contributed by atoms with Gasteiger partial charge in [0.1, 0.15) is 10.8 Å². The molecule has 3 aromatic rings. The molecule has 12 heteroatoms. The summed E-state index contributed by atoms with van der Waals surface area (Å²) in [7, 11) is -3.80. The highest BCUT2D eigenvalue weighted by Gasteiger charge is 2.37. The first-order chi connectivity index (χ1) is 14.4. The van der Waals surface area contributed by atoms with Crippen LogP contribution < -0.4 is 5.32 Å². The number of amides is 1. The van der Waals surface area contributed by atoms with Gasteiger partial charge in [-0.25, -0.2) is 17.8 Å². The molecule has 0 saturated carbocycles. The minimum absolute atomic E-state index is 0.0148. The minimum Gasteiger partial charge on any atom is -0.341 e. The first-order valence-electron chi connectivity index (χ1n) is 8.71. The van der Waals surface area contributed by atoms with Crippen LogP contribution in [-0.2, 0) is 16.6 Å². The Kier molecular flexibility index (Phi) is 6.80. The van der Waals surface area contributed by atoms with Crippen LogP contribution in [0.15, 0.2) is 52.1 Å². The molecule has 1 aliphatic heterocycles. The second-order valence-electron chi connectivity index (χ2n) is 6.18. The summed E-state index contributed by atoms with van der Waals surface area (Å²) in [5.74, 6) is 0.248. The zero-order chi connectivity index (χ0) is 21.1. The second-order valence-corrected chi connectivity index (χ2v) is 12.0. The molecule has 1 unspecified atom stereocenters. The Hall–Kier alpha value is -1.44. The van der Waals surface area contributed by atoms with Crippen LogP contribution in [0.2, 0.25) is 0 Å². The predicted molar refractivity (Wildman–Crippen MR) is 122 cm³/mol. The van der Waals surface area contributed by atoms with E-state index >= 15 is 0 Å². The van der Waals surface area contributed by atoms with Gasteiger partial charge in [0.15, 0.2) is 0 Å². The number of carbonyl (C=O) groups is 1. The topological polar surface area (TPSA) is 79.4 Å². The first kappa shape index (κ1) is 21.8. The molecule has 158 valence electrons. The highest BCUT2D eigenvalue weighted by Crippen LogP contribution is 2.34. The van der Waals surface area contributed by atoms with E-state index in [-0.39, 0.29) is 22.6 Å². The molecule has 4 rings (SSSR count). The van der Waals surface area contributed by atoms with Crippen molar-refractivity contribution in [3.63, 3.8) is 0 Å². The van der Waals surface area contributed by atoms with E-state index in [4.69, 9.17) is 0 Å². The largest absolute Gasteiger partial charge is 0.341 e. The number of halogens is 1. The number of nitrogens with one attached hydrogen (secondary N) is 1. The molecule has 1 N–H and O–H groups in total. The van der Waals surface area contributed by atoms with Gasteiger partial charge >= 0.3 is 0 Å². The Morgan fingerprint density at radius 2 is 2.07 bits per heavy atom. The molecule has 3 heterocycles. The monoisotopic (exact) mass is 501 g/mol. The summed E-state index contributed by atoms with van der Waals surface area (Å²) in [6.45, 7) is 0.276. The van der Waals surface area contributed by atoms with E-state index in [9.17, 15) is 17.6 Å². The summed E-state index contributed by atoms with van der Waals surface area (Å²) in [6.07, 6.45) is 0. The summed E-state index contributed by atoms with van der Waals surface area (Å²) in [6, 6.07) is 8.67. The maximum Gasteiger partial charge on any atom is 0.280 e. The number of nitrogens with zero attached hydrogens (tertiary/aromatic N) is 2. The van der Waals surface area contributed by atoms with E-state index in [1.54, 1.807) is 11.3 Å². The molecule has 0 spiro atoms. The van der Waals surface area contributed by atoms with E-state index in [2.05, 4.69) is 10.3 Å². The molecule has 1 aliphatic rings. The Balaban J connectivity index is 1.36. The average Bonchev–Trinajstić information content (AvgIpc) is 3.47. The van der Waals surface area contributed by atoms with Crippen molar-refractivity contribution < 1.29 is 17.6 Å². The van der Waals surface area contributed by atoms with Gasteiger partial charge in [0.25, 0.3) is 5.24 Å². The van der Waals surface area contributed by atoms with Crippen molar-refractivity contribution in [1.82, 2.24) is 14.6 Å². The van der Waals surface area contributed by atoms with Gasteiger partial charge in [-0.15, -0.1) is 34.4 Å². The average molecular weight is 502 g/mol. The fraction of sp³-hybridized carbons (Fsp3) is 0.222. The molecule has 1 amide bonds. The second kappa shape index (κ2) is 9.37. The molecule has 30 heavy (non-hydrogen) atoms. The fourth-order valence-corrected chi connectivity index (χ4v) is 8.91. The van der Waals surface area contributed by atoms with Crippen molar-refractivity contribution in [3.8, 4) is 9.88 Å². The number of thiophene rings is 1. The van der Waals surface area contributed by atoms with E-state index in [0.717, 1.165) is 39.5 Å². The Labute approximate surface area is 190 Å². The van der Waals surface area contributed by atoms with E-state index < -0.39 is 21.2 Å². The predicted octanol–water partition coefficient (Wildman–Crippen LogP) is 4.67. The molecule has 1 saturated heterocycles. The summed E-state index contributed by atoms with van der Waals surface area (Å²) >= 11 is 5.50. The lowest BCUT2D eigenvalue weighted by atomic mass is 10.4. The van der Waals surface area contributed by atoms with Crippen LogP contribution in [0, 0.1) is 5.82 Å². The number of aromatic nitrogens is 1. The lowest BCUT2D eigenvalue weighted by Gasteiger charge is -2.22. The smallest absolute Gasteiger partial charge is 0.280 e. The number of benzene rings is 1. The third-order valence-electron chi connectivity index (χ3n) is 4.16. The molecule has 6 nitrogen and oxygen atoms in total. The molecule has 0 bridgehead atoms. The van der Waals surface area contributed by atoms with Crippen molar-refractivity contribution >= 4 is 61.5 Å². The summed E-state index contributed by atoms with van der Waals surface area (Å²) in [4.78, 5) is 18.0.